The highest BCUT2D eigenvalue weighted by Gasteiger charge is 2.36. The molecule has 2 aromatic carbocycles. The van der Waals surface area contributed by atoms with Crippen molar-refractivity contribution < 1.29 is 14.3 Å². The topological polar surface area (TPSA) is 72.6 Å². The van der Waals surface area contributed by atoms with Crippen molar-refractivity contribution >= 4 is 22.6 Å². The largest absolute Gasteiger partial charge is 0.496 e. The van der Waals surface area contributed by atoms with Gasteiger partial charge in [0.05, 0.1) is 18.2 Å². The molecular weight excluding hydrogens is 232 g/mol. The third-order valence-corrected chi connectivity index (χ3v) is 3.11. The van der Waals surface area contributed by atoms with E-state index in [9.17, 15) is 9.59 Å². The van der Waals surface area contributed by atoms with Gasteiger partial charge in [-0.1, -0.05) is 24.3 Å². The van der Waals surface area contributed by atoms with E-state index in [1.165, 1.54) is 7.11 Å². The second-order valence-electron chi connectivity index (χ2n) is 4.03. The van der Waals surface area contributed by atoms with Gasteiger partial charge in [-0.3, -0.25) is 9.59 Å². The molecule has 0 bridgehead atoms. The fourth-order valence-electron chi connectivity index (χ4n) is 2.25. The normalized spacial score (nSPS) is 14.2. The van der Waals surface area contributed by atoms with E-state index < -0.39 is 11.8 Å². The van der Waals surface area contributed by atoms with E-state index in [1.54, 1.807) is 18.2 Å². The molecule has 0 aromatic heterocycles. The number of hydrogen-bond donors (Lipinski definition) is 1. The molecule has 1 aliphatic heterocycles. The van der Waals surface area contributed by atoms with Crippen molar-refractivity contribution in [2.24, 2.45) is 5.84 Å². The first-order valence-corrected chi connectivity index (χ1v) is 5.38. The lowest BCUT2D eigenvalue weighted by molar-refractivity contribution is 0.0654. The number of nitrogens with zero attached hydrogens (tertiary/aromatic N) is 1. The zero-order chi connectivity index (χ0) is 12.9. The van der Waals surface area contributed by atoms with Gasteiger partial charge in [-0.25, -0.2) is 10.9 Å². The fourth-order valence-corrected chi connectivity index (χ4v) is 2.25. The first-order chi connectivity index (χ1) is 8.65. The predicted molar refractivity (Wildman–Crippen MR) is 65.2 cm³/mol. The minimum absolute atomic E-state index is 0.290. The van der Waals surface area contributed by atoms with Gasteiger partial charge in [0.1, 0.15) is 5.75 Å². The Hall–Kier alpha value is -2.40. The minimum atomic E-state index is -0.501. The molecule has 0 saturated heterocycles. The molecule has 0 saturated carbocycles. The molecular formula is C13H10N2O3. The van der Waals surface area contributed by atoms with Gasteiger partial charge in [0.15, 0.2) is 0 Å². The van der Waals surface area contributed by atoms with Crippen molar-refractivity contribution in [1.29, 1.82) is 0 Å². The Bertz CT molecular complexity index is 694. The number of carbonyl (C=O) groups is 2. The Kier molecular flexibility index (Phi) is 2.11. The van der Waals surface area contributed by atoms with Crippen LogP contribution in [-0.4, -0.2) is 23.9 Å². The van der Waals surface area contributed by atoms with Crippen LogP contribution in [0.3, 0.4) is 0 Å². The monoisotopic (exact) mass is 242 g/mol. The van der Waals surface area contributed by atoms with Gasteiger partial charge in [0.25, 0.3) is 11.8 Å². The SMILES string of the molecule is COc1cc2c(c3ccccc13)C(=O)N(N)C2=O. The van der Waals surface area contributed by atoms with Gasteiger partial charge in [-0.2, -0.15) is 0 Å². The number of hydrogen-bond acceptors (Lipinski definition) is 4. The average Bonchev–Trinajstić information content (AvgIpc) is 2.63. The molecule has 0 aliphatic carbocycles. The average molecular weight is 242 g/mol. The molecule has 0 spiro atoms. The lowest BCUT2D eigenvalue weighted by Gasteiger charge is -2.07. The number of methoxy groups -OCH3 is 1. The number of amides is 2. The Morgan fingerprint density at radius 3 is 2.44 bits per heavy atom. The summed E-state index contributed by atoms with van der Waals surface area (Å²) in [5.41, 5.74) is 0.636. The highest BCUT2D eigenvalue weighted by Crippen LogP contribution is 2.35. The summed E-state index contributed by atoms with van der Waals surface area (Å²) in [4.78, 5) is 23.8. The number of nitrogens with two attached hydrogens (primary N) is 1. The Morgan fingerprint density at radius 2 is 1.78 bits per heavy atom. The van der Waals surface area contributed by atoms with Crippen LogP contribution in [0.2, 0.25) is 0 Å². The van der Waals surface area contributed by atoms with E-state index in [0.29, 0.717) is 21.7 Å². The molecule has 0 unspecified atom stereocenters. The van der Waals surface area contributed by atoms with Crippen molar-refractivity contribution in [2.75, 3.05) is 7.11 Å². The van der Waals surface area contributed by atoms with Gasteiger partial charge < -0.3 is 4.74 Å². The van der Waals surface area contributed by atoms with Crippen LogP contribution in [0.1, 0.15) is 20.7 Å². The van der Waals surface area contributed by atoms with Crippen LogP contribution in [0, 0.1) is 0 Å². The van der Waals surface area contributed by atoms with Gasteiger partial charge in [0, 0.05) is 5.39 Å². The molecule has 0 atom stereocenters. The molecule has 90 valence electrons. The smallest absolute Gasteiger partial charge is 0.276 e. The van der Waals surface area contributed by atoms with Crippen LogP contribution >= 0.6 is 0 Å². The van der Waals surface area contributed by atoms with Crippen LogP contribution in [0.25, 0.3) is 10.8 Å². The Balaban J connectivity index is 2.47. The second kappa shape index (κ2) is 3.54. The molecule has 1 aliphatic rings. The first-order valence-electron chi connectivity index (χ1n) is 5.38. The molecule has 3 rings (SSSR count). The Labute approximate surface area is 103 Å². The fraction of sp³-hybridized carbons (Fsp3) is 0.0769. The highest BCUT2D eigenvalue weighted by molar-refractivity contribution is 6.26. The number of fused-ring (bicyclic) bond motifs is 3. The molecule has 2 amide bonds. The second-order valence-corrected chi connectivity index (χ2v) is 4.03. The van der Waals surface area contributed by atoms with Crippen molar-refractivity contribution in [1.82, 2.24) is 5.01 Å². The third-order valence-electron chi connectivity index (χ3n) is 3.11. The summed E-state index contributed by atoms with van der Waals surface area (Å²) in [6, 6.07) is 8.83. The lowest BCUT2D eigenvalue weighted by Crippen LogP contribution is -2.36. The van der Waals surface area contributed by atoms with Crippen molar-refractivity contribution in [3.63, 3.8) is 0 Å². The molecule has 1 heterocycles. The van der Waals surface area contributed by atoms with Crippen molar-refractivity contribution in [3.05, 3.63) is 41.5 Å². The van der Waals surface area contributed by atoms with Crippen molar-refractivity contribution in [3.8, 4) is 5.75 Å². The first kappa shape index (κ1) is 10.7. The molecule has 0 fully saturated rings. The lowest BCUT2D eigenvalue weighted by atomic mass is 9.99. The van der Waals surface area contributed by atoms with Crippen LogP contribution in [0.5, 0.6) is 5.75 Å². The van der Waals surface area contributed by atoms with Gasteiger partial charge in [-0.15, -0.1) is 0 Å². The van der Waals surface area contributed by atoms with E-state index >= 15 is 0 Å². The molecule has 5 heteroatoms. The van der Waals surface area contributed by atoms with E-state index in [2.05, 4.69) is 0 Å². The summed E-state index contributed by atoms with van der Waals surface area (Å²) < 4.78 is 5.25. The quantitative estimate of drug-likeness (QED) is 0.465. The standard InChI is InChI=1S/C13H10N2O3/c1-18-10-6-9-11(13(17)15(14)12(9)16)8-5-3-2-4-7(8)10/h2-6H,14H2,1H3. The Morgan fingerprint density at radius 1 is 1.11 bits per heavy atom. The summed E-state index contributed by atoms with van der Waals surface area (Å²) >= 11 is 0. The molecule has 2 N–H and O–H groups in total. The molecule has 2 aromatic rings. The van der Waals surface area contributed by atoms with E-state index in [0.717, 1.165) is 5.39 Å². The number of hydrazine groups is 1. The summed E-state index contributed by atoms with van der Waals surface area (Å²) in [7, 11) is 1.52. The van der Waals surface area contributed by atoms with E-state index in [4.69, 9.17) is 10.6 Å². The van der Waals surface area contributed by atoms with Crippen LogP contribution in [0.4, 0.5) is 0 Å². The number of imide groups is 1. The van der Waals surface area contributed by atoms with E-state index in [-0.39, 0.29) is 5.56 Å². The predicted octanol–water partition coefficient (Wildman–Crippen LogP) is 1.32. The maximum Gasteiger partial charge on any atom is 0.276 e. The summed E-state index contributed by atoms with van der Waals surface area (Å²) in [5, 5.41) is 2.10. The van der Waals surface area contributed by atoms with Crippen LogP contribution < -0.4 is 10.6 Å². The number of rotatable bonds is 1. The number of ether oxygens (including phenoxy) is 1. The third kappa shape index (κ3) is 1.19. The van der Waals surface area contributed by atoms with Crippen molar-refractivity contribution in [2.45, 2.75) is 0 Å². The molecule has 5 nitrogen and oxygen atoms in total. The van der Waals surface area contributed by atoms with Crippen LogP contribution in [0.15, 0.2) is 30.3 Å². The van der Waals surface area contributed by atoms with Gasteiger partial charge in [-0.05, 0) is 11.5 Å². The van der Waals surface area contributed by atoms with Crippen LogP contribution in [-0.2, 0) is 0 Å². The number of carbonyl (C=O) groups excluding carboxylic acids is 2. The highest BCUT2D eigenvalue weighted by atomic mass is 16.5. The van der Waals surface area contributed by atoms with Gasteiger partial charge >= 0.3 is 0 Å². The summed E-state index contributed by atoms with van der Waals surface area (Å²) in [6.45, 7) is 0. The number of benzene rings is 2. The zero-order valence-electron chi connectivity index (χ0n) is 9.64. The van der Waals surface area contributed by atoms with Gasteiger partial charge in [0.2, 0.25) is 0 Å². The zero-order valence-corrected chi connectivity index (χ0v) is 9.64. The maximum absolute atomic E-state index is 12.0. The molecule has 0 radical (unpaired) electrons. The van der Waals surface area contributed by atoms with E-state index in [1.807, 2.05) is 12.1 Å². The molecule has 18 heavy (non-hydrogen) atoms. The minimum Gasteiger partial charge on any atom is -0.496 e. The summed E-state index contributed by atoms with van der Waals surface area (Å²) in [6.07, 6.45) is 0. The maximum atomic E-state index is 12.0. The summed E-state index contributed by atoms with van der Waals surface area (Å²) in [5.74, 6) is 5.03.